The van der Waals surface area contributed by atoms with Gasteiger partial charge in [-0.3, -0.25) is 19.9 Å². The lowest BCUT2D eigenvalue weighted by atomic mass is 9.87. The molecule has 0 amide bonds. The van der Waals surface area contributed by atoms with Crippen LogP contribution in [0.1, 0.15) is 152 Å². The van der Waals surface area contributed by atoms with Gasteiger partial charge in [0, 0.05) is 99.5 Å². The molecule has 4 aromatic heterocycles. The highest BCUT2D eigenvalue weighted by molar-refractivity contribution is 5.16. The first kappa shape index (κ1) is 58.8. The Morgan fingerprint density at radius 1 is 0.529 bits per heavy atom. The Morgan fingerprint density at radius 3 is 1.33 bits per heavy atom. The number of unbranched alkanes of at least 4 members (excludes halogenated alkanes) is 3. The van der Waals surface area contributed by atoms with E-state index in [1.54, 1.807) is 6.20 Å². The fourth-order valence-corrected chi connectivity index (χ4v) is 9.92. The average Bonchev–Trinajstić information content (AvgIpc) is 3.42. The smallest absolute Gasteiger partial charge is 0.109 e. The normalized spacial score (nSPS) is 22.6. The molecule has 0 spiro atoms. The van der Waals surface area contributed by atoms with Gasteiger partial charge >= 0.3 is 0 Å². The van der Waals surface area contributed by atoms with Gasteiger partial charge < -0.3 is 45.1 Å². The average molecular weight is 969 g/mol. The monoisotopic (exact) mass is 969 g/mol. The Hall–Kier alpha value is -3.76. The number of rotatable bonds is 16. The lowest BCUT2D eigenvalue weighted by Gasteiger charge is -2.37. The molecule has 0 saturated carbocycles. The maximum Gasteiger partial charge on any atom is 0.109 e. The largest absolute Gasteiger partial charge is 0.400 e. The minimum atomic E-state index is -0.704. The molecule has 4 saturated heterocycles. The van der Waals surface area contributed by atoms with E-state index in [2.05, 4.69) is 72.4 Å². The quantitative estimate of drug-likeness (QED) is 0.0738. The molecule has 0 aliphatic carbocycles. The predicted molar refractivity (Wildman–Crippen MR) is 284 cm³/mol. The molecule has 8 heterocycles. The van der Waals surface area contributed by atoms with Gasteiger partial charge in [-0.15, -0.1) is 0 Å². The molecule has 4 fully saturated rings. The molecule has 4 aliphatic heterocycles. The van der Waals surface area contributed by atoms with Crippen LogP contribution >= 0.6 is 0 Å². The molecule has 13 nitrogen and oxygen atoms in total. The summed E-state index contributed by atoms with van der Waals surface area (Å²) in [7, 11) is 1.00. The van der Waals surface area contributed by atoms with E-state index in [0.717, 1.165) is 148 Å². The fraction of sp³-hybridized carbons (Fsp3) is 0.649. The number of piperidine rings is 4. The number of nitrogens with zero attached hydrogens (tertiary/aromatic N) is 8. The third-order valence-electron chi connectivity index (χ3n) is 14.4. The van der Waals surface area contributed by atoms with Crippen LogP contribution in [0.15, 0.2) is 97.6 Å². The van der Waals surface area contributed by atoms with Crippen molar-refractivity contribution in [3.8, 4) is 0 Å². The van der Waals surface area contributed by atoms with Crippen molar-refractivity contribution in [3.05, 3.63) is 120 Å². The first-order valence-corrected chi connectivity index (χ1v) is 26.9. The first-order valence-electron chi connectivity index (χ1n) is 26.9. The van der Waals surface area contributed by atoms with Gasteiger partial charge in [0.05, 0.1) is 24.0 Å². The minimum absolute atomic E-state index is 0.165. The van der Waals surface area contributed by atoms with Crippen molar-refractivity contribution < 1.29 is 25.5 Å². The van der Waals surface area contributed by atoms with Crippen molar-refractivity contribution in [3.63, 3.8) is 0 Å². The molecule has 4 aromatic rings. The molecule has 13 heteroatoms. The van der Waals surface area contributed by atoms with E-state index in [4.69, 9.17) is 5.11 Å². The molecule has 390 valence electrons. The Kier molecular flexibility index (Phi) is 28.4. The summed E-state index contributed by atoms with van der Waals surface area (Å²) in [5, 5.41) is 47.7. The van der Waals surface area contributed by atoms with E-state index in [0.29, 0.717) is 5.92 Å². The van der Waals surface area contributed by atoms with Crippen LogP contribution in [0.3, 0.4) is 0 Å². The Morgan fingerprint density at radius 2 is 0.943 bits per heavy atom. The zero-order chi connectivity index (χ0) is 50.4. The fourth-order valence-electron chi connectivity index (χ4n) is 9.92. The predicted octanol–water partition coefficient (Wildman–Crippen LogP) is 7.87. The summed E-state index contributed by atoms with van der Waals surface area (Å²) in [5.41, 5.74) is 3.42. The summed E-state index contributed by atoms with van der Waals surface area (Å²) in [6.07, 6.45) is 20.7. The maximum absolute atomic E-state index is 10.6. The van der Waals surface area contributed by atoms with Crippen LogP contribution < -0.4 is 0 Å². The number of β-amino-alcohol motifs (C(OH)–C–C–N with tert-alkyl or cyclic N) is 3. The van der Waals surface area contributed by atoms with E-state index in [1.807, 2.05) is 86.2 Å². The highest BCUT2D eigenvalue weighted by Gasteiger charge is 2.35. The molecule has 5 atom stereocenters. The second-order valence-corrected chi connectivity index (χ2v) is 19.6. The molecule has 0 bridgehead atoms. The topological polar surface area (TPSA) is 166 Å². The summed E-state index contributed by atoms with van der Waals surface area (Å²) >= 11 is 0. The second-order valence-electron chi connectivity index (χ2n) is 19.6. The number of hydrogen-bond acceptors (Lipinski definition) is 13. The van der Waals surface area contributed by atoms with Gasteiger partial charge in [0.25, 0.3) is 0 Å². The van der Waals surface area contributed by atoms with Crippen LogP contribution in [0.5, 0.6) is 0 Å². The lowest BCUT2D eigenvalue weighted by Crippen LogP contribution is -2.43. The standard InChI is InChI=1S/4C14H22N2O.CH4O/c1-2-13(17)11-16-9-6-12(7-10-16)14-5-3-4-8-15-14;1-2-3-10-16-11-7-14(17,8-12-16)13-6-4-5-9-15-13;2*1-2-3-9-16-10-7-12(14(17)11-16)13-6-4-5-8-15-13;1-2/h3-5,8,12-13,17H,2,6-7,9-11H2,1H3;4-6,9,17H,2-3,7-8,10-12H2,1H3;2*4-6,8,12,14,17H,2-3,7,9-11H2,1H3;2H,1H3. The molecule has 8 rings (SSSR count). The van der Waals surface area contributed by atoms with Gasteiger partial charge in [-0.1, -0.05) is 71.2 Å². The van der Waals surface area contributed by atoms with Crippen molar-refractivity contribution >= 4 is 0 Å². The Bertz CT molecular complexity index is 1790. The lowest BCUT2D eigenvalue weighted by molar-refractivity contribution is -0.0294. The number of aliphatic hydroxyl groups excluding tert-OH is 4. The molecular formula is C57H92N8O5. The highest BCUT2D eigenvalue weighted by atomic mass is 16.3. The van der Waals surface area contributed by atoms with E-state index >= 15 is 0 Å². The molecule has 4 aliphatic rings. The van der Waals surface area contributed by atoms with Crippen molar-refractivity contribution in [2.24, 2.45) is 0 Å². The minimum Gasteiger partial charge on any atom is -0.400 e. The summed E-state index contributed by atoms with van der Waals surface area (Å²) in [4.78, 5) is 27.0. The zero-order valence-corrected chi connectivity index (χ0v) is 43.7. The van der Waals surface area contributed by atoms with Gasteiger partial charge in [-0.2, -0.15) is 0 Å². The summed E-state index contributed by atoms with van der Waals surface area (Å²) in [6, 6.07) is 23.8. The van der Waals surface area contributed by atoms with Crippen LogP contribution in [0.2, 0.25) is 0 Å². The number of pyridine rings is 4. The summed E-state index contributed by atoms with van der Waals surface area (Å²) < 4.78 is 0. The van der Waals surface area contributed by atoms with E-state index in [1.165, 1.54) is 44.2 Å². The summed E-state index contributed by atoms with van der Waals surface area (Å²) in [5.74, 6) is 1.04. The first-order chi connectivity index (χ1) is 34.2. The number of hydrogen-bond donors (Lipinski definition) is 5. The molecule has 70 heavy (non-hydrogen) atoms. The van der Waals surface area contributed by atoms with E-state index in [9.17, 15) is 20.4 Å². The third kappa shape index (κ3) is 20.4. The van der Waals surface area contributed by atoms with Gasteiger partial charge in [0.2, 0.25) is 0 Å². The van der Waals surface area contributed by atoms with Crippen molar-refractivity contribution in [1.29, 1.82) is 0 Å². The van der Waals surface area contributed by atoms with Gasteiger partial charge in [0.15, 0.2) is 0 Å². The third-order valence-corrected chi connectivity index (χ3v) is 14.4. The van der Waals surface area contributed by atoms with Gasteiger partial charge in [0.1, 0.15) is 5.60 Å². The van der Waals surface area contributed by atoms with Crippen molar-refractivity contribution in [1.82, 2.24) is 39.5 Å². The number of aliphatic hydroxyl groups is 5. The van der Waals surface area contributed by atoms with Crippen LogP contribution in [-0.2, 0) is 5.60 Å². The molecule has 0 aromatic carbocycles. The highest BCUT2D eigenvalue weighted by Crippen LogP contribution is 2.32. The van der Waals surface area contributed by atoms with E-state index < -0.39 is 5.60 Å². The summed E-state index contributed by atoms with van der Waals surface area (Å²) in [6.45, 7) is 20.7. The van der Waals surface area contributed by atoms with Crippen LogP contribution in [-0.4, -0.2) is 169 Å². The molecule has 0 radical (unpaired) electrons. The van der Waals surface area contributed by atoms with Crippen LogP contribution in [0.25, 0.3) is 0 Å². The molecule has 5 N–H and O–H groups in total. The van der Waals surface area contributed by atoms with E-state index in [-0.39, 0.29) is 30.1 Å². The second kappa shape index (κ2) is 33.8. The van der Waals surface area contributed by atoms with Crippen molar-refractivity contribution in [2.45, 2.75) is 153 Å². The Labute approximate surface area is 422 Å². The zero-order valence-electron chi connectivity index (χ0n) is 43.7. The maximum atomic E-state index is 10.6. The van der Waals surface area contributed by atoms with Crippen LogP contribution in [0.4, 0.5) is 0 Å². The molecule has 5 unspecified atom stereocenters. The SMILES string of the molecule is CCC(O)CN1CCC(c2ccccn2)CC1.CCCCN1CCC(O)(c2ccccn2)CC1.CCCCN1CCC(c2ccccn2)C(O)C1.CCCCN1CCC(c2ccccn2)C(O)C1.CO. The number of aromatic nitrogens is 4. The van der Waals surface area contributed by atoms with Crippen LogP contribution in [0, 0.1) is 0 Å². The number of likely N-dealkylation sites (tertiary alicyclic amines) is 4. The molecular weight excluding hydrogens is 877 g/mol. The van der Waals surface area contributed by atoms with Gasteiger partial charge in [-0.05, 0) is 159 Å². The Balaban J connectivity index is 0.000000200. The van der Waals surface area contributed by atoms with Crippen molar-refractivity contribution in [2.75, 3.05) is 85.6 Å². The van der Waals surface area contributed by atoms with Gasteiger partial charge in [-0.25, -0.2) is 0 Å².